The van der Waals surface area contributed by atoms with Gasteiger partial charge in [0.15, 0.2) is 17.3 Å². The van der Waals surface area contributed by atoms with E-state index in [1.54, 1.807) is 0 Å². The molecule has 0 radical (unpaired) electrons. The van der Waals surface area contributed by atoms with Gasteiger partial charge in [0, 0.05) is 18.7 Å². The summed E-state index contributed by atoms with van der Waals surface area (Å²) in [6.45, 7) is 0.553. The molecule has 0 N–H and O–H groups in total. The molecule has 42 heavy (non-hydrogen) atoms. The van der Waals surface area contributed by atoms with Crippen molar-refractivity contribution in [1.29, 1.82) is 0 Å². The zero-order valence-electron chi connectivity index (χ0n) is 22.4. The molecule has 0 spiro atoms. The third-order valence-corrected chi connectivity index (χ3v) is 7.04. The predicted molar refractivity (Wildman–Crippen MR) is 164 cm³/mol. The summed E-state index contributed by atoms with van der Waals surface area (Å²) in [4.78, 5) is 15.6. The van der Waals surface area contributed by atoms with Crippen LogP contribution in [0.25, 0.3) is 0 Å². The van der Waals surface area contributed by atoms with Gasteiger partial charge in [-0.1, -0.05) is 126 Å². The number of alkyl halides is 3. The lowest BCUT2D eigenvalue weighted by molar-refractivity contribution is 0.0919. The summed E-state index contributed by atoms with van der Waals surface area (Å²) in [6, 6.07) is 33.3. The quantitative estimate of drug-likeness (QED) is 0.106. The number of hydrogen-bond donors (Lipinski definition) is 0. The Morgan fingerprint density at radius 3 is 1.76 bits per heavy atom. The van der Waals surface area contributed by atoms with Gasteiger partial charge in [0.05, 0.1) is 6.54 Å². The Hall–Kier alpha value is -3.11. The Morgan fingerprint density at radius 1 is 0.714 bits per heavy atom. The molecule has 0 aliphatic rings. The highest BCUT2D eigenvalue weighted by Gasteiger charge is 2.27. The number of ketones is 1. The number of ether oxygens (including phenoxy) is 1. The highest BCUT2D eigenvalue weighted by Crippen LogP contribution is 2.32. The molecule has 0 saturated heterocycles. The first-order valence-corrected chi connectivity index (χ1v) is 15.3. The van der Waals surface area contributed by atoms with Crippen LogP contribution in [0.4, 0.5) is 0 Å². The average molecular weight is 649 g/mol. The fourth-order valence-corrected chi connectivity index (χ4v) is 5.10. The second-order valence-corrected chi connectivity index (χ2v) is 13.1. The van der Waals surface area contributed by atoms with Crippen LogP contribution in [0.2, 0.25) is 0 Å². The summed E-state index contributed by atoms with van der Waals surface area (Å²) in [7, 11) is -4.62. The number of carbonyl (C=O) groups is 1. The third kappa shape index (κ3) is 10.6. The van der Waals surface area contributed by atoms with Crippen molar-refractivity contribution in [3.05, 3.63) is 131 Å². The van der Waals surface area contributed by atoms with E-state index in [1.807, 2.05) is 95.9 Å². The van der Waals surface area contributed by atoms with Gasteiger partial charge in [-0.25, -0.2) is 4.18 Å². The molecule has 220 valence electrons. The van der Waals surface area contributed by atoms with Crippen molar-refractivity contribution in [3.8, 4) is 11.5 Å². The second kappa shape index (κ2) is 14.9. The molecule has 0 amide bonds. The lowest BCUT2D eigenvalue weighted by Gasteiger charge is -2.22. The van der Waals surface area contributed by atoms with E-state index in [0.717, 1.165) is 16.7 Å². The molecule has 7 nitrogen and oxygen atoms in total. The number of carbonyl (C=O) groups excluding carboxylic acids is 1. The third-order valence-electron chi connectivity index (χ3n) is 5.93. The molecular weight excluding hydrogens is 621 g/mol. The zero-order valence-corrected chi connectivity index (χ0v) is 25.5. The average Bonchev–Trinajstić information content (AvgIpc) is 2.97. The van der Waals surface area contributed by atoms with Crippen LogP contribution in [0.15, 0.2) is 109 Å². The van der Waals surface area contributed by atoms with Crippen LogP contribution in [0, 0.1) is 0 Å². The van der Waals surface area contributed by atoms with Crippen LogP contribution < -0.4 is 8.92 Å². The van der Waals surface area contributed by atoms with E-state index in [4.69, 9.17) is 43.7 Å². The summed E-state index contributed by atoms with van der Waals surface area (Å²) in [5.74, 6) is -0.339. The van der Waals surface area contributed by atoms with Gasteiger partial charge < -0.3 is 8.92 Å². The zero-order chi connectivity index (χ0) is 30.0. The van der Waals surface area contributed by atoms with Crippen LogP contribution in [-0.2, 0) is 34.3 Å². The lowest BCUT2D eigenvalue weighted by Crippen LogP contribution is -2.29. The number of halogens is 3. The van der Waals surface area contributed by atoms with Crippen LogP contribution in [-0.4, -0.2) is 36.0 Å². The van der Waals surface area contributed by atoms with Gasteiger partial charge in [0.1, 0.15) is 13.2 Å². The molecule has 4 aromatic carbocycles. The standard InChI is InChI=1S/C31H28Cl3NO6S/c32-31(33,34)23-40-42(37,38)41-29-17-16-27(18-30(29)39-22-26-14-8-3-9-15-26)28(36)21-35(19-24-10-4-1-5-11-24)20-25-12-6-2-7-13-25/h1-18H,19-23H2. The van der Waals surface area contributed by atoms with E-state index in [-0.39, 0.29) is 30.4 Å². The van der Waals surface area contributed by atoms with Crippen molar-refractivity contribution in [2.45, 2.75) is 23.5 Å². The first kappa shape index (κ1) is 31.8. The maximum atomic E-state index is 13.5. The van der Waals surface area contributed by atoms with Crippen LogP contribution in [0.3, 0.4) is 0 Å². The minimum absolute atomic E-state index is 0.0310. The Balaban J connectivity index is 1.57. The number of Topliss-reactive ketones (excluding diaryl/α,β-unsaturated/α-hetero) is 1. The normalized spacial score (nSPS) is 11.8. The van der Waals surface area contributed by atoms with Gasteiger partial charge in [-0.3, -0.25) is 9.69 Å². The Kier molecular flexibility index (Phi) is 11.3. The maximum Gasteiger partial charge on any atom is 0.449 e. The molecule has 4 rings (SSSR count). The second-order valence-electron chi connectivity index (χ2n) is 9.34. The lowest BCUT2D eigenvalue weighted by atomic mass is 10.1. The van der Waals surface area contributed by atoms with E-state index in [1.165, 1.54) is 18.2 Å². The minimum Gasteiger partial charge on any atom is -0.485 e. The van der Waals surface area contributed by atoms with Gasteiger partial charge >= 0.3 is 10.4 Å². The van der Waals surface area contributed by atoms with Gasteiger partial charge in [-0.2, -0.15) is 8.42 Å². The van der Waals surface area contributed by atoms with E-state index < -0.39 is 20.8 Å². The SMILES string of the molecule is O=C(CN(Cc1ccccc1)Cc1ccccc1)c1ccc(OS(=O)(=O)OCC(Cl)(Cl)Cl)c(OCc2ccccc2)c1. The topological polar surface area (TPSA) is 82.1 Å². The largest absolute Gasteiger partial charge is 0.485 e. The number of hydrogen-bond acceptors (Lipinski definition) is 7. The van der Waals surface area contributed by atoms with E-state index in [0.29, 0.717) is 18.7 Å². The Morgan fingerprint density at radius 2 is 1.24 bits per heavy atom. The first-order valence-electron chi connectivity index (χ1n) is 12.9. The fourth-order valence-electron chi connectivity index (χ4n) is 4.02. The van der Waals surface area contributed by atoms with Crippen molar-refractivity contribution in [2.75, 3.05) is 13.2 Å². The summed E-state index contributed by atoms with van der Waals surface area (Å²) in [6.07, 6.45) is 0. The predicted octanol–water partition coefficient (Wildman–Crippen LogP) is 7.16. The molecule has 0 unspecified atom stereocenters. The van der Waals surface area contributed by atoms with Gasteiger partial charge in [-0.05, 0) is 34.9 Å². The van der Waals surface area contributed by atoms with Gasteiger partial charge in [-0.15, -0.1) is 0 Å². The Bertz CT molecular complexity index is 1510. The summed E-state index contributed by atoms with van der Waals surface area (Å²) >= 11 is 16.8. The molecule has 0 aromatic heterocycles. The first-order chi connectivity index (χ1) is 20.1. The number of benzene rings is 4. The summed E-state index contributed by atoms with van der Waals surface area (Å²) in [5.41, 5.74) is 3.28. The Labute approximate surface area is 260 Å². The van der Waals surface area contributed by atoms with Gasteiger partial charge in [0.25, 0.3) is 0 Å². The molecule has 0 aliphatic heterocycles. The highest BCUT2D eigenvalue weighted by atomic mass is 35.6. The highest BCUT2D eigenvalue weighted by molar-refractivity contribution is 7.82. The number of rotatable bonds is 14. The molecule has 0 heterocycles. The van der Waals surface area contributed by atoms with Crippen LogP contribution in [0.1, 0.15) is 27.0 Å². The van der Waals surface area contributed by atoms with Crippen molar-refractivity contribution in [2.24, 2.45) is 0 Å². The van der Waals surface area contributed by atoms with Crippen molar-refractivity contribution >= 4 is 51.0 Å². The summed E-state index contributed by atoms with van der Waals surface area (Å²) < 4.78 is 38.6. The smallest absolute Gasteiger partial charge is 0.449 e. The monoisotopic (exact) mass is 647 g/mol. The molecule has 0 atom stereocenters. The minimum atomic E-state index is -4.62. The molecule has 0 bridgehead atoms. The molecular formula is C31H28Cl3NO6S. The summed E-state index contributed by atoms with van der Waals surface area (Å²) in [5, 5.41) is 0. The molecule has 0 aliphatic carbocycles. The maximum absolute atomic E-state index is 13.5. The molecule has 0 fully saturated rings. The van der Waals surface area contributed by atoms with E-state index >= 15 is 0 Å². The van der Waals surface area contributed by atoms with Crippen LogP contribution in [0.5, 0.6) is 11.5 Å². The van der Waals surface area contributed by atoms with E-state index in [9.17, 15) is 13.2 Å². The number of nitrogens with zero attached hydrogens (tertiary/aromatic N) is 1. The van der Waals surface area contributed by atoms with Gasteiger partial charge in [0.2, 0.25) is 3.79 Å². The van der Waals surface area contributed by atoms with Crippen LogP contribution >= 0.6 is 34.8 Å². The molecule has 0 saturated carbocycles. The molecule has 4 aromatic rings. The van der Waals surface area contributed by atoms with E-state index in [2.05, 4.69) is 4.18 Å². The van der Waals surface area contributed by atoms with Crippen molar-refractivity contribution in [3.63, 3.8) is 0 Å². The molecule has 11 heteroatoms. The van der Waals surface area contributed by atoms with Crippen molar-refractivity contribution < 1.29 is 26.3 Å². The van der Waals surface area contributed by atoms with Crippen molar-refractivity contribution in [1.82, 2.24) is 4.90 Å². The fraction of sp³-hybridized carbons (Fsp3) is 0.194.